The molecule has 8 heteroatoms. The van der Waals surface area contributed by atoms with Gasteiger partial charge >= 0.3 is 0 Å². The maximum atomic E-state index is 12.5. The number of carbonyl (C=O) groups is 2. The number of amides is 2. The number of nitrogens with zero attached hydrogens (tertiary/aromatic N) is 3. The molecule has 2 heterocycles. The molecule has 0 saturated carbocycles. The number of piperazine rings is 1. The minimum atomic E-state index is -0.0330. The fourth-order valence-electron chi connectivity index (χ4n) is 2.53. The van der Waals surface area contributed by atoms with E-state index in [-0.39, 0.29) is 17.9 Å². The van der Waals surface area contributed by atoms with E-state index < -0.39 is 0 Å². The minimum Gasteiger partial charge on any atom is -0.359 e. The van der Waals surface area contributed by atoms with E-state index in [1.807, 2.05) is 32.6 Å². The SMILES string of the molecule is CC(C)NC(=O)CN1CCN(C(=O)c2csc(NC(C)C)n2)CC1. The lowest BCUT2D eigenvalue weighted by atomic mass is 10.2. The molecule has 0 spiro atoms. The number of aromatic nitrogens is 1. The zero-order valence-corrected chi connectivity index (χ0v) is 15.7. The summed E-state index contributed by atoms with van der Waals surface area (Å²) in [6.07, 6.45) is 0. The molecule has 7 nitrogen and oxygen atoms in total. The lowest BCUT2D eigenvalue weighted by Gasteiger charge is -2.34. The largest absolute Gasteiger partial charge is 0.359 e. The third kappa shape index (κ3) is 5.45. The first-order valence-electron chi connectivity index (χ1n) is 8.38. The molecule has 2 rings (SSSR count). The van der Waals surface area contributed by atoms with E-state index in [0.29, 0.717) is 44.5 Å². The predicted octanol–water partition coefficient (Wildman–Crippen LogP) is 1.25. The number of rotatable bonds is 6. The number of anilines is 1. The summed E-state index contributed by atoms with van der Waals surface area (Å²) in [5.74, 6) is 0.00279. The molecule has 0 atom stereocenters. The van der Waals surface area contributed by atoms with Crippen LogP contribution in [0.5, 0.6) is 0 Å². The Bertz CT molecular complexity index is 565. The molecule has 24 heavy (non-hydrogen) atoms. The van der Waals surface area contributed by atoms with Crippen molar-refractivity contribution in [3.63, 3.8) is 0 Å². The first-order chi connectivity index (χ1) is 11.3. The second kappa shape index (κ2) is 8.43. The Morgan fingerprint density at radius 1 is 1.17 bits per heavy atom. The van der Waals surface area contributed by atoms with Crippen molar-refractivity contribution in [2.45, 2.75) is 39.8 Å². The van der Waals surface area contributed by atoms with Gasteiger partial charge in [-0.1, -0.05) is 0 Å². The number of hydrogen-bond donors (Lipinski definition) is 2. The Hall–Kier alpha value is -1.67. The van der Waals surface area contributed by atoms with Crippen LogP contribution >= 0.6 is 11.3 Å². The lowest BCUT2D eigenvalue weighted by Crippen LogP contribution is -2.51. The molecule has 0 radical (unpaired) electrons. The van der Waals surface area contributed by atoms with E-state index in [1.165, 1.54) is 11.3 Å². The van der Waals surface area contributed by atoms with E-state index in [1.54, 1.807) is 5.38 Å². The summed E-state index contributed by atoms with van der Waals surface area (Å²) in [5.41, 5.74) is 0.495. The summed E-state index contributed by atoms with van der Waals surface area (Å²) in [4.78, 5) is 32.6. The topological polar surface area (TPSA) is 77.6 Å². The summed E-state index contributed by atoms with van der Waals surface area (Å²) in [5, 5.41) is 8.68. The van der Waals surface area contributed by atoms with Crippen LogP contribution in [0.1, 0.15) is 38.2 Å². The van der Waals surface area contributed by atoms with E-state index in [4.69, 9.17) is 0 Å². The first kappa shape index (κ1) is 18.7. The van der Waals surface area contributed by atoms with Gasteiger partial charge in [0.2, 0.25) is 5.91 Å². The molecule has 2 N–H and O–H groups in total. The van der Waals surface area contributed by atoms with Crippen molar-refractivity contribution in [1.29, 1.82) is 0 Å². The maximum Gasteiger partial charge on any atom is 0.273 e. The van der Waals surface area contributed by atoms with Gasteiger partial charge in [0, 0.05) is 43.6 Å². The fraction of sp³-hybridized carbons (Fsp3) is 0.688. The molecule has 1 saturated heterocycles. The van der Waals surface area contributed by atoms with E-state index in [0.717, 1.165) is 5.13 Å². The van der Waals surface area contributed by atoms with Crippen molar-refractivity contribution in [3.8, 4) is 0 Å². The zero-order chi connectivity index (χ0) is 17.7. The summed E-state index contributed by atoms with van der Waals surface area (Å²) in [6, 6.07) is 0.443. The average molecular weight is 353 g/mol. The molecule has 0 aromatic carbocycles. The molecule has 0 bridgehead atoms. The van der Waals surface area contributed by atoms with Crippen LogP contribution in [-0.4, -0.2) is 71.4 Å². The smallest absolute Gasteiger partial charge is 0.273 e. The Labute approximate surface area is 147 Å². The quantitative estimate of drug-likeness (QED) is 0.805. The van der Waals surface area contributed by atoms with Gasteiger partial charge in [0.15, 0.2) is 5.13 Å². The number of carbonyl (C=O) groups excluding carboxylic acids is 2. The molecule has 134 valence electrons. The summed E-state index contributed by atoms with van der Waals surface area (Å²) in [6.45, 7) is 11.0. The molecular formula is C16H27N5O2S. The van der Waals surface area contributed by atoms with Gasteiger partial charge in [-0.2, -0.15) is 0 Å². The van der Waals surface area contributed by atoms with Crippen LogP contribution < -0.4 is 10.6 Å². The highest BCUT2D eigenvalue weighted by Crippen LogP contribution is 2.18. The van der Waals surface area contributed by atoms with Crippen molar-refractivity contribution in [3.05, 3.63) is 11.1 Å². The van der Waals surface area contributed by atoms with Gasteiger partial charge < -0.3 is 15.5 Å². The van der Waals surface area contributed by atoms with E-state index >= 15 is 0 Å². The lowest BCUT2D eigenvalue weighted by molar-refractivity contribution is -0.123. The van der Waals surface area contributed by atoms with Crippen LogP contribution in [0.25, 0.3) is 0 Å². The van der Waals surface area contributed by atoms with Crippen LogP contribution in [0.15, 0.2) is 5.38 Å². The Balaban J connectivity index is 1.82. The van der Waals surface area contributed by atoms with Gasteiger partial charge in [-0.05, 0) is 27.7 Å². The third-order valence-electron chi connectivity index (χ3n) is 3.61. The van der Waals surface area contributed by atoms with Crippen molar-refractivity contribution < 1.29 is 9.59 Å². The van der Waals surface area contributed by atoms with Crippen LogP contribution in [0.2, 0.25) is 0 Å². The number of hydrogen-bond acceptors (Lipinski definition) is 6. The molecule has 0 unspecified atom stereocenters. The van der Waals surface area contributed by atoms with Crippen molar-refractivity contribution >= 4 is 28.3 Å². The number of thiazole rings is 1. The van der Waals surface area contributed by atoms with Crippen molar-refractivity contribution in [2.75, 3.05) is 38.0 Å². The third-order valence-corrected chi connectivity index (χ3v) is 4.39. The molecule has 1 aliphatic rings. The standard InChI is InChI=1S/C16H27N5O2S/c1-11(2)17-14(22)9-20-5-7-21(8-6-20)15(23)13-10-24-16(19-13)18-12(3)4/h10-12H,5-9H2,1-4H3,(H,17,22)(H,18,19). The second-order valence-electron chi connectivity index (χ2n) is 6.63. The Morgan fingerprint density at radius 3 is 2.42 bits per heavy atom. The zero-order valence-electron chi connectivity index (χ0n) is 14.8. The predicted molar refractivity (Wildman–Crippen MR) is 96.5 cm³/mol. The maximum absolute atomic E-state index is 12.5. The Morgan fingerprint density at radius 2 is 1.83 bits per heavy atom. The van der Waals surface area contributed by atoms with Crippen LogP contribution in [0.3, 0.4) is 0 Å². The molecule has 1 aliphatic heterocycles. The van der Waals surface area contributed by atoms with Gasteiger partial charge in [0.25, 0.3) is 5.91 Å². The van der Waals surface area contributed by atoms with Gasteiger partial charge in [-0.15, -0.1) is 11.3 Å². The van der Waals surface area contributed by atoms with E-state index in [2.05, 4.69) is 20.5 Å². The second-order valence-corrected chi connectivity index (χ2v) is 7.49. The molecular weight excluding hydrogens is 326 g/mol. The highest BCUT2D eigenvalue weighted by Gasteiger charge is 2.24. The first-order valence-corrected chi connectivity index (χ1v) is 9.26. The van der Waals surface area contributed by atoms with Crippen molar-refractivity contribution in [1.82, 2.24) is 20.1 Å². The van der Waals surface area contributed by atoms with E-state index in [9.17, 15) is 9.59 Å². The van der Waals surface area contributed by atoms with Crippen LogP contribution in [-0.2, 0) is 4.79 Å². The van der Waals surface area contributed by atoms with Gasteiger partial charge in [-0.3, -0.25) is 14.5 Å². The Kier molecular flexibility index (Phi) is 6.56. The average Bonchev–Trinajstić information content (AvgIpc) is 2.94. The highest BCUT2D eigenvalue weighted by molar-refractivity contribution is 7.13. The normalized spacial score (nSPS) is 15.8. The molecule has 2 amide bonds. The van der Waals surface area contributed by atoms with Gasteiger partial charge in [0.1, 0.15) is 5.69 Å². The molecule has 1 aromatic heterocycles. The summed E-state index contributed by atoms with van der Waals surface area (Å²) in [7, 11) is 0. The molecule has 0 aliphatic carbocycles. The molecule has 1 fully saturated rings. The van der Waals surface area contributed by atoms with Crippen LogP contribution in [0.4, 0.5) is 5.13 Å². The monoisotopic (exact) mass is 353 g/mol. The summed E-state index contributed by atoms with van der Waals surface area (Å²) < 4.78 is 0. The van der Waals surface area contributed by atoms with Crippen molar-refractivity contribution in [2.24, 2.45) is 0 Å². The highest BCUT2D eigenvalue weighted by atomic mass is 32.1. The van der Waals surface area contributed by atoms with Gasteiger partial charge in [-0.25, -0.2) is 4.98 Å². The minimum absolute atomic E-state index is 0.0330. The number of nitrogens with one attached hydrogen (secondary N) is 2. The van der Waals surface area contributed by atoms with Gasteiger partial charge in [0.05, 0.1) is 6.54 Å². The van der Waals surface area contributed by atoms with Crippen LogP contribution in [0, 0.1) is 0 Å². The summed E-state index contributed by atoms with van der Waals surface area (Å²) >= 11 is 1.45. The fourth-order valence-corrected chi connectivity index (χ4v) is 3.36. The molecule has 1 aromatic rings.